The zero-order chi connectivity index (χ0) is 26.2. The van der Waals surface area contributed by atoms with Gasteiger partial charge in [-0.25, -0.2) is 4.79 Å². The van der Waals surface area contributed by atoms with Crippen LogP contribution in [-0.4, -0.2) is 29.0 Å². The molecule has 0 heterocycles. The Balaban J connectivity index is 1.52. The van der Waals surface area contributed by atoms with Gasteiger partial charge in [-0.3, -0.25) is 10.1 Å². The van der Waals surface area contributed by atoms with Gasteiger partial charge >= 0.3 is 6.09 Å². The Hall–Kier alpha value is -3.86. The lowest BCUT2D eigenvalue weighted by Gasteiger charge is -2.38. The number of hydrogen-bond acceptors (Lipinski definition) is 5. The fourth-order valence-corrected chi connectivity index (χ4v) is 4.73. The van der Waals surface area contributed by atoms with Crippen molar-refractivity contribution in [2.24, 2.45) is 5.73 Å². The second kappa shape index (κ2) is 12.4. The molecule has 0 aliphatic heterocycles. The molecule has 1 aliphatic rings. The minimum Gasteiger partial charge on any atom is -0.444 e. The van der Waals surface area contributed by atoms with Gasteiger partial charge in [0.1, 0.15) is 6.61 Å². The van der Waals surface area contributed by atoms with E-state index in [9.17, 15) is 9.59 Å². The second-order valence-corrected chi connectivity index (χ2v) is 9.54. The molecule has 3 aromatic carbocycles. The quantitative estimate of drug-likeness (QED) is 0.408. The maximum absolute atomic E-state index is 13.6. The Morgan fingerprint density at radius 3 is 2.49 bits per heavy atom. The van der Waals surface area contributed by atoms with Crippen LogP contribution in [0.4, 0.5) is 10.5 Å². The van der Waals surface area contributed by atoms with Crippen LogP contribution in [0, 0.1) is 11.3 Å². The number of carbonyl (C=O) groups excluding carboxylic acids is 2. The number of benzene rings is 3. The van der Waals surface area contributed by atoms with Crippen molar-refractivity contribution in [3.8, 4) is 6.07 Å². The number of amides is 2. The van der Waals surface area contributed by atoms with Gasteiger partial charge in [0.2, 0.25) is 0 Å². The number of nitrogens with one attached hydrogen (secondary N) is 1. The molecule has 1 fully saturated rings. The number of carbonyl (C=O) groups is 2. The molecular weight excluding hydrogens is 488 g/mol. The summed E-state index contributed by atoms with van der Waals surface area (Å²) < 4.78 is 5.32. The molecule has 190 valence electrons. The predicted octanol–water partition coefficient (Wildman–Crippen LogP) is 5.87. The van der Waals surface area contributed by atoms with Gasteiger partial charge in [0.15, 0.2) is 0 Å². The number of halogens is 1. The zero-order valence-corrected chi connectivity index (χ0v) is 21.2. The van der Waals surface area contributed by atoms with Crippen molar-refractivity contribution < 1.29 is 14.3 Å². The number of rotatable bonds is 7. The summed E-state index contributed by atoms with van der Waals surface area (Å²) in [6.07, 6.45) is 3.06. The molecule has 3 aromatic rings. The van der Waals surface area contributed by atoms with Crippen LogP contribution in [0.5, 0.6) is 0 Å². The van der Waals surface area contributed by atoms with Gasteiger partial charge in [-0.2, -0.15) is 5.26 Å². The summed E-state index contributed by atoms with van der Waals surface area (Å²) in [4.78, 5) is 27.8. The van der Waals surface area contributed by atoms with E-state index in [-0.39, 0.29) is 31.1 Å². The molecule has 2 atom stereocenters. The first kappa shape index (κ1) is 26.2. The van der Waals surface area contributed by atoms with Crippen LogP contribution in [0.15, 0.2) is 72.8 Å². The third-order valence-electron chi connectivity index (χ3n) is 6.55. The third kappa shape index (κ3) is 6.88. The monoisotopic (exact) mass is 516 g/mol. The summed E-state index contributed by atoms with van der Waals surface area (Å²) in [5.41, 5.74) is 9.51. The highest BCUT2D eigenvalue weighted by atomic mass is 35.5. The Bertz CT molecular complexity index is 1270. The number of hydrogen-bond donors (Lipinski definition) is 2. The molecule has 0 spiro atoms. The Labute approximate surface area is 221 Å². The maximum Gasteiger partial charge on any atom is 0.411 e. The predicted molar refractivity (Wildman–Crippen MR) is 143 cm³/mol. The van der Waals surface area contributed by atoms with Crippen molar-refractivity contribution in [2.45, 2.75) is 50.9 Å². The molecule has 0 radical (unpaired) electrons. The van der Waals surface area contributed by atoms with Crippen LogP contribution in [0.3, 0.4) is 0 Å². The standard InChI is InChI=1S/C29H29ClN4O3/c30-25-15-14-24(33-29(36)37-19-21-6-2-1-3-7-21)16-23(25)18-34(27-9-5-4-8-26(27)32)28(35)22-12-10-20(17-31)11-13-22/h1-3,6-7,10-16,26-27H,4-5,8-9,18-19,32H2,(H,33,36). The fraction of sp³-hybridized carbons (Fsp3) is 0.276. The Morgan fingerprint density at radius 2 is 1.78 bits per heavy atom. The van der Waals surface area contributed by atoms with Gasteiger partial charge in [-0.15, -0.1) is 0 Å². The average molecular weight is 517 g/mol. The number of anilines is 1. The van der Waals surface area contributed by atoms with E-state index < -0.39 is 6.09 Å². The largest absolute Gasteiger partial charge is 0.444 e. The van der Waals surface area contributed by atoms with Crippen molar-refractivity contribution >= 4 is 29.3 Å². The summed E-state index contributed by atoms with van der Waals surface area (Å²) >= 11 is 6.53. The van der Waals surface area contributed by atoms with Gasteiger partial charge in [0.25, 0.3) is 5.91 Å². The van der Waals surface area contributed by atoms with Gasteiger partial charge in [-0.1, -0.05) is 54.8 Å². The van der Waals surface area contributed by atoms with Crippen LogP contribution < -0.4 is 11.1 Å². The first-order valence-electron chi connectivity index (χ1n) is 12.3. The molecule has 3 N–H and O–H groups in total. The Morgan fingerprint density at radius 1 is 1.05 bits per heavy atom. The van der Waals surface area contributed by atoms with E-state index in [0.29, 0.717) is 27.4 Å². The molecule has 1 aliphatic carbocycles. The number of ether oxygens (including phenoxy) is 1. The average Bonchev–Trinajstić information content (AvgIpc) is 2.93. The first-order chi connectivity index (χ1) is 17.9. The molecule has 1 saturated carbocycles. The van der Waals surface area contributed by atoms with E-state index >= 15 is 0 Å². The van der Waals surface area contributed by atoms with Crippen LogP contribution in [0.1, 0.15) is 52.7 Å². The molecule has 4 rings (SSSR count). The van der Waals surface area contributed by atoms with Crippen LogP contribution >= 0.6 is 11.6 Å². The fourth-order valence-electron chi connectivity index (χ4n) is 4.55. The summed E-state index contributed by atoms with van der Waals surface area (Å²) in [5.74, 6) is -0.177. The zero-order valence-electron chi connectivity index (χ0n) is 20.4. The summed E-state index contributed by atoms with van der Waals surface area (Å²) in [6, 6.07) is 22.9. The molecule has 2 amide bonds. The molecule has 37 heavy (non-hydrogen) atoms. The second-order valence-electron chi connectivity index (χ2n) is 9.13. The van der Waals surface area contributed by atoms with Crippen LogP contribution in [0.2, 0.25) is 5.02 Å². The minimum atomic E-state index is -0.586. The van der Waals surface area contributed by atoms with Gasteiger partial charge in [-0.05, 0) is 66.4 Å². The van der Waals surface area contributed by atoms with Gasteiger partial charge in [0, 0.05) is 34.9 Å². The number of nitrogens with two attached hydrogens (primary N) is 1. The van der Waals surface area contributed by atoms with Crippen molar-refractivity contribution in [3.63, 3.8) is 0 Å². The molecule has 7 nitrogen and oxygen atoms in total. The highest BCUT2D eigenvalue weighted by molar-refractivity contribution is 6.31. The highest BCUT2D eigenvalue weighted by Crippen LogP contribution is 2.29. The Kier molecular flexibility index (Phi) is 8.78. The van der Waals surface area contributed by atoms with E-state index in [0.717, 1.165) is 31.2 Å². The topological polar surface area (TPSA) is 108 Å². The minimum absolute atomic E-state index is 0.149. The van der Waals surface area contributed by atoms with E-state index in [1.165, 1.54) is 0 Å². The SMILES string of the molecule is N#Cc1ccc(C(=O)N(Cc2cc(NC(=O)OCc3ccccc3)ccc2Cl)C2CCCCC2N)cc1. The lowest BCUT2D eigenvalue weighted by Crippen LogP contribution is -2.51. The maximum atomic E-state index is 13.6. The highest BCUT2D eigenvalue weighted by Gasteiger charge is 2.32. The lowest BCUT2D eigenvalue weighted by atomic mass is 9.89. The molecule has 2 unspecified atom stereocenters. The summed E-state index contributed by atoms with van der Waals surface area (Å²) in [7, 11) is 0. The molecular formula is C29H29ClN4O3. The molecule has 0 bridgehead atoms. The van der Waals surface area contributed by atoms with E-state index in [2.05, 4.69) is 11.4 Å². The molecule has 8 heteroatoms. The smallest absolute Gasteiger partial charge is 0.411 e. The first-order valence-corrected chi connectivity index (χ1v) is 12.6. The normalized spacial score (nSPS) is 16.9. The van der Waals surface area contributed by atoms with E-state index in [1.54, 1.807) is 47.4 Å². The van der Waals surface area contributed by atoms with E-state index in [4.69, 9.17) is 27.3 Å². The van der Waals surface area contributed by atoms with Crippen molar-refractivity contribution in [2.75, 3.05) is 5.32 Å². The molecule has 0 aromatic heterocycles. The summed E-state index contributed by atoms with van der Waals surface area (Å²) in [5, 5.41) is 12.3. The molecule has 0 saturated heterocycles. The van der Waals surface area contributed by atoms with Crippen LogP contribution in [0.25, 0.3) is 0 Å². The lowest BCUT2D eigenvalue weighted by molar-refractivity contribution is 0.0583. The van der Waals surface area contributed by atoms with E-state index in [1.807, 2.05) is 30.3 Å². The summed E-state index contributed by atoms with van der Waals surface area (Å²) in [6.45, 7) is 0.379. The number of nitrogens with zero attached hydrogens (tertiary/aromatic N) is 2. The van der Waals surface area contributed by atoms with Crippen molar-refractivity contribution in [1.82, 2.24) is 4.90 Å². The van der Waals surface area contributed by atoms with Crippen LogP contribution in [-0.2, 0) is 17.9 Å². The van der Waals surface area contributed by atoms with Crippen molar-refractivity contribution in [1.29, 1.82) is 5.26 Å². The third-order valence-corrected chi connectivity index (χ3v) is 6.92. The van der Waals surface area contributed by atoms with Gasteiger partial charge in [0.05, 0.1) is 11.6 Å². The van der Waals surface area contributed by atoms with Crippen molar-refractivity contribution in [3.05, 3.63) is 100 Å². The number of nitriles is 1. The van der Waals surface area contributed by atoms with Gasteiger partial charge < -0.3 is 15.4 Å².